The van der Waals surface area contributed by atoms with Gasteiger partial charge in [0.15, 0.2) is 0 Å². The lowest BCUT2D eigenvalue weighted by Gasteiger charge is -2.30. The SMILES string of the molecule is CC(C)(C)CC(=O)NCC(=O)NC(CN)C1CCCCC1.Cl. The van der Waals surface area contributed by atoms with Gasteiger partial charge in [-0.25, -0.2) is 0 Å². The van der Waals surface area contributed by atoms with Crippen molar-refractivity contribution in [2.24, 2.45) is 17.1 Å². The number of hydrogen-bond acceptors (Lipinski definition) is 3. The average molecular weight is 334 g/mol. The molecule has 0 saturated heterocycles. The van der Waals surface area contributed by atoms with E-state index in [1.165, 1.54) is 19.3 Å². The number of carbonyl (C=O) groups is 2. The minimum absolute atomic E-state index is 0. The number of amides is 2. The second-order valence-electron chi connectivity index (χ2n) is 7.32. The van der Waals surface area contributed by atoms with Gasteiger partial charge in [-0.05, 0) is 24.2 Å². The molecule has 1 saturated carbocycles. The Kier molecular flexibility index (Phi) is 9.69. The van der Waals surface area contributed by atoms with Crippen LogP contribution in [0.25, 0.3) is 0 Å². The molecule has 1 atom stereocenters. The van der Waals surface area contributed by atoms with Gasteiger partial charge in [0.1, 0.15) is 0 Å². The van der Waals surface area contributed by atoms with Crippen molar-refractivity contribution in [1.29, 1.82) is 0 Å². The van der Waals surface area contributed by atoms with E-state index in [-0.39, 0.29) is 42.2 Å². The van der Waals surface area contributed by atoms with Crippen LogP contribution in [0.5, 0.6) is 0 Å². The van der Waals surface area contributed by atoms with Gasteiger partial charge in [-0.3, -0.25) is 9.59 Å². The van der Waals surface area contributed by atoms with Gasteiger partial charge in [-0.2, -0.15) is 0 Å². The maximum absolute atomic E-state index is 11.9. The van der Waals surface area contributed by atoms with Crippen LogP contribution in [-0.4, -0.2) is 30.9 Å². The minimum Gasteiger partial charge on any atom is -0.350 e. The van der Waals surface area contributed by atoms with Gasteiger partial charge in [0.25, 0.3) is 0 Å². The van der Waals surface area contributed by atoms with Crippen molar-refractivity contribution in [1.82, 2.24) is 10.6 Å². The van der Waals surface area contributed by atoms with E-state index < -0.39 is 0 Å². The zero-order valence-electron chi connectivity index (χ0n) is 14.1. The Morgan fingerprint density at radius 3 is 2.23 bits per heavy atom. The molecule has 1 unspecified atom stereocenters. The molecule has 0 aromatic heterocycles. The van der Waals surface area contributed by atoms with Gasteiger partial charge in [0.2, 0.25) is 11.8 Å². The molecule has 22 heavy (non-hydrogen) atoms. The summed E-state index contributed by atoms with van der Waals surface area (Å²) in [4.78, 5) is 23.6. The summed E-state index contributed by atoms with van der Waals surface area (Å²) < 4.78 is 0. The number of hydrogen-bond donors (Lipinski definition) is 3. The number of rotatable bonds is 6. The Labute approximate surface area is 140 Å². The van der Waals surface area contributed by atoms with Crippen LogP contribution in [0.4, 0.5) is 0 Å². The number of nitrogens with one attached hydrogen (secondary N) is 2. The van der Waals surface area contributed by atoms with Gasteiger partial charge < -0.3 is 16.4 Å². The van der Waals surface area contributed by atoms with Crippen LogP contribution >= 0.6 is 12.4 Å². The third-order valence-corrected chi connectivity index (χ3v) is 3.96. The fourth-order valence-corrected chi connectivity index (χ4v) is 2.89. The van der Waals surface area contributed by atoms with Crippen molar-refractivity contribution < 1.29 is 9.59 Å². The fraction of sp³-hybridized carbons (Fsp3) is 0.875. The zero-order chi connectivity index (χ0) is 15.9. The number of nitrogens with two attached hydrogens (primary N) is 1. The van der Waals surface area contributed by atoms with E-state index >= 15 is 0 Å². The highest BCUT2D eigenvalue weighted by Crippen LogP contribution is 2.26. The number of carbonyl (C=O) groups excluding carboxylic acids is 2. The molecule has 0 aromatic carbocycles. The first kappa shape index (κ1) is 21.2. The second-order valence-corrected chi connectivity index (χ2v) is 7.32. The Hall–Kier alpha value is -0.810. The first-order valence-corrected chi connectivity index (χ1v) is 8.08. The van der Waals surface area contributed by atoms with Crippen molar-refractivity contribution in [3.63, 3.8) is 0 Å². The molecule has 0 aromatic rings. The van der Waals surface area contributed by atoms with Crippen molar-refractivity contribution in [3.8, 4) is 0 Å². The zero-order valence-corrected chi connectivity index (χ0v) is 14.9. The standard InChI is InChI=1S/C16H31N3O2.ClH/c1-16(2,3)9-14(20)18-11-15(21)19-13(10-17)12-7-5-4-6-8-12;/h12-13H,4-11,17H2,1-3H3,(H,18,20)(H,19,21);1H. The third-order valence-electron chi connectivity index (χ3n) is 3.96. The van der Waals surface area contributed by atoms with E-state index in [4.69, 9.17) is 5.73 Å². The molecule has 0 spiro atoms. The highest BCUT2D eigenvalue weighted by molar-refractivity contribution is 5.85. The van der Waals surface area contributed by atoms with Gasteiger partial charge in [-0.1, -0.05) is 40.0 Å². The Morgan fingerprint density at radius 2 is 1.73 bits per heavy atom. The maximum Gasteiger partial charge on any atom is 0.239 e. The van der Waals surface area contributed by atoms with E-state index in [2.05, 4.69) is 10.6 Å². The Morgan fingerprint density at radius 1 is 1.14 bits per heavy atom. The topological polar surface area (TPSA) is 84.2 Å². The summed E-state index contributed by atoms with van der Waals surface area (Å²) >= 11 is 0. The summed E-state index contributed by atoms with van der Waals surface area (Å²) in [6, 6.07) is 0.0392. The van der Waals surface area contributed by atoms with E-state index in [1.54, 1.807) is 0 Å². The molecule has 1 fully saturated rings. The lowest BCUT2D eigenvalue weighted by atomic mass is 9.84. The minimum atomic E-state index is -0.140. The quantitative estimate of drug-likeness (QED) is 0.695. The smallest absolute Gasteiger partial charge is 0.239 e. The highest BCUT2D eigenvalue weighted by atomic mass is 35.5. The lowest BCUT2D eigenvalue weighted by molar-refractivity contribution is -0.127. The molecular formula is C16H32ClN3O2. The molecule has 0 radical (unpaired) electrons. The van der Waals surface area contributed by atoms with E-state index in [0.717, 1.165) is 12.8 Å². The molecule has 0 bridgehead atoms. The first-order chi connectivity index (χ1) is 9.81. The molecule has 6 heteroatoms. The van der Waals surface area contributed by atoms with Crippen molar-refractivity contribution in [2.45, 2.75) is 65.3 Å². The van der Waals surface area contributed by atoms with Crippen LogP contribution in [0, 0.1) is 11.3 Å². The van der Waals surface area contributed by atoms with Crippen molar-refractivity contribution in [2.75, 3.05) is 13.1 Å². The fourth-order valence-electron chi connectivity index (χ4n) is 2.89. The van der Waals surface area contributed by atoms with Gasteiger partial charge in [0, 0.05) is 19.0 Å². The van der Waals surface area contributed by atoms with Gasteiger partial charge >= 0.3 is 0 Å². The van der Waals surface area contributed by atoms with Gasteiger partial charge in [-0.15, -0.1) is 12.4 Å². The summed E-state index contributed by atoms with van der Waals surface area (Å²) in [5, 5.41) is 5.66. The predicted octanol–water partition coefficient (Wildman–Crippen LogP) is 1.98. The molecule has 0 heterocycles. The monoisotopic (exact) mass is 333 g/mol. The third kappa shape index (κ3) is 8.59. The van der Waals surface area contributed by atoms with E-state index in [9.17, 15) is 9.59 Å². The molecule has 1 rings (SSSR count). The molecule has 0 aliphatic heterocycles. The van der Waals surface area contributed by atoms with Crippen LogP contribution in [-0.2, 0) is 9.59 Å². The molecular weight excluding hydrogens is 302 g/mol. The average Bonchev–Trinajstić information content (AvgIpc) is 2.41. The Balaban J connectivity index is 0.00000441. The van der Waals surface area contributed by atoms with Crippen molar-refractivity contribution >= 4 is 24.2 Å². The molecule has 2 amide bonds. The molecule has 1 aliphatic rings. The predicted molar refractivity (Wildman–Crippen MR) is 91.9 cm³/mol. The molecule has 1 aliphatic carbocycles. The Bertz CT molecular complexity index is 350. The lowest BCUT2D eigenvalue weighted by Crippen LogP contribution is -2.49. The summed E-state index contributed by atoms with van der Waals surface area (Å²) in [7, 11) is 0. The molecule has 5 nitrogen and oxygen atoms in total. The first-order valence-electron chi connectivity index (χ1n) is 8.08. The van der Waals surface area contributed by atoms with E-state index in [0.29, 0.717) is 18.9 Å². The second kappa shape index (κ2) is 10.1. The van der Waals surface area contributed by atoms with Crippen LogP contribution < -0.4 is 16.4 Å². The highest BCUT2D eigenvalue weighted by Gasteiger charge is 2.24. The van der Waals surface area contributed by atoms with Gasteiger partial charge in [0.05, 0.1) is 6.54 Å². The van der Waals surface area contributed by atoms with Crippen LogP contribution in [0.3, 0.4) is 0 Å². The summed E-state index contributed by atoms with van der Waals surface area (Å²) in [5.74, 6) is 0.260. The van der Waals surface area contributed by atoms with Crippen LogP contribution in [0.2, 0.25) is 0 Å². The largest absolute Gasteiger partial charge is 0.350 e. The summed E-state index contributed by atoms with van der Waals surface area (Å²) in [6.07, 6.45) is 6.42. The summed E-state index contributed by atoms with van der Waals surface area (Å²) in [6.45, 7) is 6.50. The molecule has 130 valence electrons. The van der Waals surface area contributed by atoms with Crippen molar-refractivity contribution in [3.05, 3.63) is 0 Å². The van der Waals surface area contributed by atoms with Crippen LogP contribution in [0.1, 0.15) is 59.3 Å². The van der Waals surface area contributed by atoms with E-state index in [1.807, 2.05) is 20.8 Å². The normalized spacial score (nSPS) is 17.3. The number of halogens is 1. The molecule has 4 N–H and O–H groups in total. The maximum atomic E-state index is 11.9. The summed E-state index contributed by atoms with van der Waals surface area (Å²) in [5.41, 5.74) is 5.72. The van der Waals surface area contributed by atoms with Crippen LogP contribution in [0.15, 0.2) is 0 Å².